The first-order valence-electron chi connectivity index (χ1n) is 13.1. The molecule has 0 aliphatic carbocycles. The second-order valence-corrected chi connectivity index (χ2v) is 10.1. The Balaban J connectivity index is 1.38. The van der Waals surface area contributed by atoms with Gasteiger partial charge in [-0.3, -0.25) is 14.4 Å². The Bertz CT molecular complexity index is 1390. The standard InChI is InChI=1S/C29H33N5O5/c1-19-7-8-22-14-26(19)39-23-6-4-5-21(13-23)18-38-25-9-11-34(28(36)17-33-12-10-30-20(33)2)15-24(25)31-27(35)16-32(3)29(22)37/h4-8,10,12-14,24-25H,9,11,15-18H2,1-3H3,(H,31,35)/t24-,25+/m0/s1. The summed E-state index contributed by atoms with van der Waals surface area (Å²) in [6.45, 7) is 4.97. The van der Waals surface area contributed by atoms with E-state index in [1.54, 1.807) is 41.0 Å². The molecule has 2 atom stereocenters. The van der Waals surface area contributed by atoms with Gasteiger partial charge >= 0.3 is 0 Å². The molecule has 204 valence electrons. The topological polar surface area (TPSA) is 106 Å². The molecule has 2 aliphatic heterocycles. The molecule has 1 saturated heterocycles. The highest BCUT2D eigenvalue weighted by molar-refractivity contribution is 5.96. The molecule has 0 unspecified atom stereocenters. The number of fused-ring (bicyclic) bond motifs is 5. The molecular formula is C29H33N5O5. The third-order valence-electron chi connectivity index (χ3n) is 7.23. The van der Waals surface area contributed by atoms with Crippen LogP contribution in [-0.4, -0.2) is 75.9 Å². The predicted molar refractivity (Wildman–Crippen MR) is 143 cm³/mol. The number of benzene rings is 2. The summed E-state index contributed by atoms with van der Waals surface area (Å²) in [6.07, 6.45) is 3.70. The lowest BCUT2D eigenvalue weighted by molar-refractivity contribution is -0.138. The first-order valence-corrected chi connectivity index (χ1v) is 13.1. The molecule has 2 aromatic carbocycles. The molecule has 5 rings (SSSR count). The SMILES string of the molecule is Cc1ccc2cc1Oc1cccc(c1)CO[C@@H]1CCN(C(=O)Cn3ccnc3C)C[C@@H]1NC(=O)CN(C)C2=O. The molecule has 0 spiro atoms. The molecule has 0 saturated carbocycles. The van der Waals surface area contributed by atoms with Gasteiger partial charge in [-0.05, 0) is 55.7 Å². The van der Waals surface area contributed by atoms with Crippen LogP contribution in [0.4, 0.5) is 0 Å². The van der Waals surface area contributed by atoms with E-state index in [1.165, 1.54) is 4.90 Å². The molecule has 1 N–H and O–H groups in total. The number of rotatable bonds is 2. The van der Waals surface area contributed by atoms with E-state index in [0.717, 1.165) is 17.0 Å². The minimum absolute atomic E-state index is 0.0525. The lowest BCUT2D eigenvalue weighted by atomic mass is 10.0. The van der Waals surface area contributed by atoms with Crippen molar-refractivity contribution in [3.63, 3.8) is 0 Å². The van der Waals surface area contributed by atoms with E-state index in [9.17, 15) is 14.4 Å². The quantitative estimate of drug-likeness (QED) is 0.545. The number of likely N-dealkylation sites (tertiary alicyclic amines) is 1. The summed E-state index contributed by atoms with van der Waals surface area (Å²) in [6, 6.07) is 12.5. The van der Waals surface area contributed by atoms with Crippen LogP contribution in [-0.2, 0) is 27.5 Å². The van der Waals surface area contributed by atoms with E-state index in [-0.39, 0.29) is 36.9 Å². The molecular weight excluding hydrogens is 498 g/mol. The third kappa shape index (κ3) is 6.12. The zero-order valence-corrected chi connectivity index (χ0v) is 22.4. The van der Waals surface area contributed by atoms with Crippen LogP contribution in [0.1, 0.15) is 33.7 Å². The van der Waals surface area contributed by atoms with Crippen LogP contribution < -0.4 is 10.1 Å². The van der Waals surface area contributed by atoms with E-state index in [4.69, 9.17) is 9.47 Å². The number of amides is 3. The Labute approximate surface area is 227 Å². The number of nitrogens with one attached hydrogen (secondary N) is 1. The van der Waals surface area contributed by atoms with Gasteiger partial charge in [0.25, 0.3) is 5.91 Å². The summed E-state index contributed by atoms with van der Waals surface area (Å²) in [5.41, 5.74) is 2.24. The summed E-state index contributed by atoms with van der Waals surface area (Å²) in [5, 5.41) is 3.03. The fraction of sp³-hybridized carbons (Fsp3) is 0.379. The van der Waals surface area contributed by atoms with Gasteiger partial charge in [-0.2, -0.15) is 0 Å². The van der Waals surface area contributed by atoms with E-state index < -0.39 is 6.04 Å². The normalized spacial score (nSPS) is 20.2. The predicted octanol–water partition coefficient (Wildman–Crippen LogP) is 2.68. The summed E-state index contributed by atoms with van der Waals surface area (Å²) in [4.78, 5) is 46.6. The second kappa shape index (κ2) is 11.3. The van der Waals surface area contributed by atoms with Crippen molar-refractivity contribution < 1.29 is 23.9 Å². The van der Waals surface area contributed by atoms with Crippen LogP contribution in [0.2, 0.25) is 0 Å². The molecule has 4 bridgehead atoms. The lowest BCUT2D eigenvalue weighted by Gasteiger charge is -2.39. The molecule has 39 heavy (non-hydrogen) atoms. The van der Waals surface area contributed by atoms with Gasteiger partial charge in [-0.15, -0.1) is 0 Å². The molecule has 10 nitrogen and oxygen atoms in total. The first-order chi connectivity index (χ1) is 18.8. The molecule has 0 radical (unpaired) electrons. The van der Waals surface area contributed by atoms with Crippen LogP contribution >= 0.6 is 0 Å². The Hall–Kier alpha value is -4.18. The van der Waals surface area contributed by atoms with Crippen LogP contribution in [0.3, 0.4) is 0 Å². The van der Waals surface area contributed by atoms with Crippen LogP contribution in [0, 0.1) is 13.8 Å². The number of carbonyl (C=O) groups excluding carboxylic acids is 3. The Kier molecular flexibility index (Phi) is 7.65. The van der Waals surface area contributed by atoms with Gasteiger partial charge in [0.05, 0.1) is 25.3 Å². The number of aryl methyl sites for hydroxylation is 2. The van der Waals surface area contributed by atoms with Gasteiger partial charge in [0.15, 0.2) is 0 Å². The third-order valence-corrected chi connectivity index (χ3v) is 7.23. The van der Waals surface area contributed by atoms with E-state index in [1.807, 2.05) is 44.2 Å². The zero-order chi connectivity index (χ0) is 27.5. The van der Waals surface area contributed by atoms with Crippen molar-refractivity contribution >= 4 is 17.7 Å². The van der Waals surface area contributed by atoms with Gasteiger partial charge < -0.3 is 29.2 Å². The molecule has 2 aliphatic rings. The van der Waals surface area contributed by atoms with Crippen LogP contribution in [0.25, 0.3) is 0 Å². The highest BCUT2D eigenvalue weighted by atomic mass is 16.5. The molecule has 3 heterocycles. The summed E-state index contributed by atoms with van der Waals surface area (Å²) in [5.74, 6) is 1.32. The Morgan fingerprint density at radius 3 is 2.79 bits per heavy atom. The molecule has 10 heteroatoms. The van der Waals surface area contributed by atoms with Gasteiger partial charge in [-0.1, -0.05) is 18.2 Å². The van der Waals surface area contributed by atoms with Gasteiger partial charge in [0, 0.05) is 38.1 Å². The van der Waals surface area contributed by atoms with Gasteiger partial charge in [-0.25, -0.2) is 4.98 Å². The maximum atomic E-state index is 13.1. The summed E-state index contributed by atoms with van der Waals surface area (Å²) >= 11 is 0. The van der Waals surface area contributed by atoms with E-state index >= 15 is 0 Å². The highest BCUT2D eigenvalue weighted by Gasteiger charge is 2.34. The second-order valence-electron chi connectivity index (χ2n) is 10.1. The number of piperidine rings is 1. The van der Waals surface area contributed by atoms with Crippen molar-refractivity contribution in [2.75, 3.05) is 26.7 Å². The largest absolute Gasteiger partial charge is 0.457 e. The fourth-order valence-electron chi connectivity index (χ4n) is 4.94. The van der Waals surface area contributed by atoms with Gasteiger partial charge in [0.1, 0.15) is 23.9 Å². The minimum Gasteiger partial charge on any atom is -0.457 e. The van der Waals surface area contributed by atoms with Crippen molar-refractivity contribution in [2.24, 2.45) is 0 Å². The van der Waals surface area contributed by atoms with E-state index in [2.05, 4.69) is 10.3 Å². The number of hydrogen-bond acceptors (Lipinski definition) is 6. The number of aromatic nitrogens is 2. The number of imidazole rings is 1. The van der Waals surface area contributed by atoms with Crippen molar-refractivity contribution in [3.8, 4) is 11.5 Å². The average Bonchev–Trinajstić information content (AvgIpc) is 3.32. The zero-order valence-electron chi connectivity index (χ0n) is 22.4. The monoisotopic (exact) mass is 531 g/mol. The highest BCUT2D eigenvalue weighted by Crippen LogP contribution is 2.28. The number of hydrogen-bond donors (Lipinski definition) is 1. The Morgan fingerprint density at radius 2 is 2.00 bits per heavy atom. The molecule has 1 aromatic heterocycles. The number of likely N-dealkylation sites (N-methyl/N-ethyl adjacent to an activating group) is 1. The van der Waals surface area contributed by atoms with Crippen molar-refractivity contribution in [2.45, 2.75) is 45.6 Å². The molecule has 3 aromatic rings. The minimum atomic E-state index is -0.430. The number of carbonyl (C=O) groups is 3. The number of nitrogens with zero attached hydrogens (tertiary/aromatic N) is 4. The maximum absolute atomic E-state index is 13.1. The summed E-state index contributed by atoms with van der Waals surface area (Å²) < 4.78 is 14.2. The average molecular weight is 532 g/mol. The first kappa shape index (κ1) is 26.4. The lowest BCUT2D eigenvalue weighted by Crippen LogP contribution is -2.58. The maximum Gasteiger partial charge on any atom is 0.254 e. The Morgan fingerprint density at radius 1 is 1.15 bits per heavy atom. The van der Waals surface area contributed by atoms with Crippen molar-refractivity contribution in [3.05, 3.63) is 77.4 Å². The number of ether oxygens (including phenoxy) is 2. The van der Waals surface area contributed by atoms with E-state index in [0.29, 0.717) is 43.2 Å². The van der Waals surface area contributed by atoms with Crippen LogP contribution in [0.15, 0.2) is 54.9 Å². The molecule has 3 amide bonds. The van der Waals surface area contributed by atoms with Crippen LogP contribution in [0.5, 0.6) is 11.5 Å². The van der Waals surface area contributed by atoms with Gasteiger partial charge in [0.2, 0.25) is 11.8 Å². The van der Waals surface area contributed by atoms with Crippen molar-refractivity contribution in [1.29, 1.82) is 0 Å². The summed E-state index contributed by atoms with van der Waals surface area (Å²) in [7, 11) is 1.59. The fourth-order valence-corrected chi connectivity index (χ4v) is 4.94. The van der Waals surface area contributed by atoms with Crippen molar-refractivity contribution in [1.82, 2.24) is 24.7 Å². The smallest absolute Gasteiger partial charge is 0.254 e. The molecule has 1 fully saturated rings.